The molecule has 1 saturated heterocycles. The summed E-state index contributed by atoms with van der Waals surface area (Å²) < 4.78 is 11.0. The van der Waals surface area contributed by atoms with Gasteiger partial charge in [-0.1, -0.05) is 107 Å². The fourth-order valence-corrected chi connectivity index (χ4v) is 6.04. The highest BCUT2D eigenvalue weighted by Gasteiger charge is 2.44. The van der Waals surface area contributed by atoms with Crippen LogP contribution in [0.15, 0.2) is 48.6 Å². The second-order valence-corrected chi connectivity index (χ2v) is 14.3. The van der Waals surface area contributed by atoms with Gasteiger partial charge in [-0.25, -0.2) is 0 Å². The number of carbonyl (C=O) groups excluding carboxylic acids is 1. The van der Waals surface area contributed by atoms with Crippen molar-refractivity contribution in [3.63, 3.8) is 0 Å². The Morgan fingerprint density at radius 2 is 1.15 bits per heavy atom. The largest absolute Gasteiger partial charge is 0.394 e. The van der Waals surface area contributed by atoms with Crippen molar-refractivity contribution in [2.75, 3.05) is 13.2 Å². The van der Waals surface area contributed by atoms with E-state index in [1.54, 1.807) is 0 Å². The lowest BCUT2D eigenvalue weighted by Gasteiger charge is -2.40. The molecule has 9 unspecified atom stereocenters. The molecular formula is C42H75NO10. The summed E-state index contributed by atoms with van der Waals surface area (Å²) in [4.78, 5) is 13.0. The van der Waals surface area contributed by atoms with Gasteiger partial charge in [0.1, 0.15) is 36.6 Å². The summed E-state index contributed by atoms with van der Waals surface area (Å²) in [5.74, 6) is -0.728. The molecule has 0 bridgehead atoms. The van der Waals surface area contributed by atoms with Gasteiger partial charge >= 0.3 is 0 Å². The molecule has 308 valence electrons. The molecule has 1 fully saturated rings. The molecule has 11 heteroatoms. The van der Waals surface area contributed by atoms with Crippen LogP contribution in [0.5, 0.6) is 0 Å². The van der Waals surface area contributed by atoms with Crippen molar-refractivity contribution < 1.29 is 50.0 Å². The Hall–Kier alpha value is -1.93. The van der Waals surface area contributed by atoms with E-state index in [2.05, 4.69) is 61.7 Å². The average molecular weight is 754 g/mol. The van der Waals surface area contributed by atoms with Crippen molar-refractivity contribution in [1.29, 1.82) is 0 Å². The lowest BCUT2D eigenvalue weighted by Crippen LogP contribution is -2.60. The van der Waals surface area contributed by atoms with Crippen molar-refractivity contribution in [2.24, 2.45) is 0 Å². The molecule has 8 N–H and O–H groups in total. The van der Waals surface area contributed by atoms with Crippen LogP contribution in [-0.4, -0.2) is 110 Å². The summed E-state index contributed by atoms with van der Waals surface area (Å²) in [6, 6.07) is -1.20. The van der Waals surface area contributed by atoms with E-state index in [0.29, 0.717) is 19.3 Å². The van der Waals surface area contributed by atoms with Gasteiger partial charge in [0.15, 0.2) is 6.29 Å². The molecule has 1 heterocycles. The lowest BCUT2D eigenvalue weighted by molar-refractivity contribution is -0.303. The molecule has 1 rings (SSSR count). The molecule has 0 saturated carbocycles. The first-order valence-corrected chi connectivity index (χ1v) is 20.5. The zero-order valence-electron chi connectivity index (χ0n) is 32.7. The van der Waals surface area contributed by atoms with Gasteiger partial charge in [-0.2, -0.15) is 0 Å². The number of hydrogen-bond acceptors (Lipinski definition) is 10. The Labute approximate surface area is 319 Å². The summed E-state index contributed by atoms with van der Waals surface area (Å²) >= 11 is 0. The van der Waals surface area contributed by atoms with E-state index in [9.17, 15) is 40.5 Å². The normalized spacial score (nSPS) is 23.4. The maximum atomic E-state index is 13.0. The molecule has 53 heavy (non-hydrogen) atoms. The molecule has 0 radical (unpaired) electrons. The summed E-state index contributed by atoms with van der Waals surface area (Å²) in [7, 11) is 0. The molecule has 1 aliphatic heterocycles. The van der Waals surface area contributed by atoms with E-state index in [4.69, 9.17) is 9.47 Å². The van der Waals surface area contributed by atoms with Crippen LogP contribution < -0.4 is 5.32 Å². The Bertz CT molecular complexity index is 1000. The fraction of sp³-hybridized carbons (Fsp3) is 0.786. The third-order valence-corrected chi connectivity index (χ3v) is 9.56. The Kier molecular flexibility index (Phi) is 29.9. The summed E-state index contributed by atoms with van der Waals surface area (Å²) in [6.45, 7) is 3.29. The molecule has 9 atom stereocenters. The first-order chi connectivity index (χ1) is 25.7. The van der Waals surface area contributed by atoms with Gasteiger partial charge in [0.2, 0.25) is 5.91 Å². The number of hydrogen-bond donors (Lipinski definition) is 8. The monoisotopic (exact) mass is 754 g/mol. The molecule has 11 nitrogen and oxygen atoms in total. The predicted molar refractivity (Wildman–Crippen MR) is 210 cm³/mol. The molecule has 0 aromatic carbocycles. The van der Waals surface area contributed by atoms with Crippen molar-refractivity contribution in [1.82, 2.24) is 5.32 Å². The third kappa shape index (κ3) is 22.9. The van der Waals surface area contributed by atoms with E-state index < -0.39 is 74.2 Å². The highest BCUT2D eigenvalue weighted by molar-refractivity contribution is 5.80. The van der Waals surface area contributed by atoms with Crippen LogP contribution in [0, 0.1) is 0 Å². The number of aliphatic hydroxyl groups is 7. The van der Waals surface area contributed by atoms with Crippen LogP contribution in [0.4, 0.5) is 0 Å². The highest BCUT2D eigenvalue weighted by Crippen LogP contribution is 2.23. The van der Waals surface area contributed by atoms with Crippen LogP contribution in [0.3, 0.4) is 0 Å². The summed E-state index contributed by atoms with van der Waals surface area (Å²) in [6.07, 6.45) is 24.6. The second kappa shape index (κ2) is 32.3. The number of carbonyl (C=O) groups is 1. The van der Waals surface area contributed by atoms with E-state index in [-0.39, 0.29) is 12.8 Å². The highest BCUT2D eigenvalue weighted by atomic mass is 16.7. The van der Waals surface area contributed by atoms with Crippen molar-refractivity contribution in [2.45, 2.75) is 197 Å². The lowest BCUT2D eigenvalue weighted by atomic mass is 9.98. The molecule has 0 aromatic heterocycles. The minimum absolute atomic E-state index is 0.232. The number of allylic oxidation sites excluding steroid dienone is 8. The van der Waals surface area contributed by atoms with Gasteiger partial charge in [-0.15, -0.1) is 0 Å². The minimum atomic E-state index is -1.67. The summed E-state index contributed by atoms with van der Waals surface area (Å²) in [5, 5.41) is 75.2. The first kappa shape index (κ1) is 49.1. The Balaban J connectivity index is 2.58. The maximum absolute atomic E-state index is 13.0. The van der Waals surface area contributed by atoms with Gasteiger partial charge in [0.25, 0.3) is 0 Å². The van der Waals surface area contributed by atoms with Gasteiger partial charge in [0.05, 0.1) is 25.4 Å². The van der Waals surface area contributed by atoms with E-state index in [1.807, 2.05) is 6.08 Å². The zero-order chi connectivity index (χ0) is 39.1. The summed E-state index contributed by atoms with van der Waals surface area (Å²) in [5.41, 5.74) is 0. The average Bonchev–Trinajstić information content (AvgIpc) is 3.16. The number of rotatable bonds is 32. The first-order valence-electron chi connectivity index (χ1n) is 20.5. The van der Waals surface area contributed by atoms with Crippen LogP contribution in [0.25, 0.3) is 0 Å². The molecule has 1 aliphatic rings. The molecule has 1 amide bonds. The van der Waals surface area contributed by atoms with Gasteiger partial charge in [-0.3, -0.25) is 4.79 Å². The molecule has 0 aliphatic carbocycles. The third-order valence-electron chi connectivity index (χ3n) is 9.56. The fourth-order valence-electron chi connectivity index (χ4n) is 6.04. The quantitative estimate of drug-likeness (QED) is 0.0325. The van der Waals surface area contributed by atoms with Crippen LogP contribution in [-0.2, 0) is 14.3 Å². The van der Waals surface area contributed by atoms with Gasteiger partial charge in [0, 0.05) is 0 Å². The number of aliphatic hydroxyl groups excluding tert-OH is 7. The second-order valence-electron chi connectivity index (χ2n) is 14.3. The van der Waals surface area contributed by atoms with Crippen LogP contribution in [0.1, 0.15) is 142 Å². The van der Waals surface area contributed by atoms with E-state index >= 15 is 0 Å². The molecule has 0 aromatic rings. The van der Waals surface area contributed by atoms with Crippen LogP contribution >= 0.6 is 0 Å². The van der Waals surface area contributed by atoms with E-state index in [0.717, 1.165) is 64.2 Å². The standard InChI is InChI=1S/C42H75NO10/c1-3-5-7-9-11-13-15-16-17-18-19-20-22-23-25-27-29-34(45)37(47)33(32-52-42-40(50)39(49)38(48)36(31-44)53-42)43-41(51)35(46)30-28-26-24-21-14-12-10-8-6-4-2/h10-13,17-18,22-23,33-40,42,44-50H,3-9,14-16,19-21,24-32H2,1-2H3,(H,43,51)/b12-10-,13-11+,18-17+,23-22+. The smallest absolute Gasteiger partial charge is 0.249 e. The Morgan fingerprint density at radius 3 is 1.72 bits per heavy atom. The number of nitrogens with one attached hydrogen (secondary N) is 1. The molecule has 0 spiro atoms. The van der Waals surface area contributed by atoms with Crippen molar-refractivity contribution in [3.8, 4) is 0 Å². The molecular weight excluding hydrogens is 678 g/mol. The maximum Gasteiger partial charge on any atom is 0.249 e. The predicted octanol–water partition coefficient (Wildman–Crippen LogP) is 5.44. The Morgan fingerprint density at radius 1 is 0.642 bits per heavy atom. The number of unbranched alkanes of at least 4 members (excludes halogenated alkanes) is 12. The minimum Gasteiger partial charge on any atom is -0.394 e. The van der Waals surface area contributed by atoms with E-state index in [1.165, 1.54) is 32.1 Å². The topological polar surface area (TPSA) is 189 Å². The van der Waals surface area contributed by atoms with Gasteiger partial charge in [-0.05, 0) is 83.5 Å². The SMILES string of the molecule is CCCC/C=C\CCCCCCC(O)C(=O)NC(COC1OC(CO)C(O)C(O)C1O)C(O)C(O)CCC/C=C/CC/C=C/CC/C=C/CCCCC. The van der Waals surface area contributed by atoms with Gasteiger partial charge < -0.3 is 50.5 Å². The van der Waals surface area contributed by atoms with Crippen molar-refractivity contribution >= 4 is 5.91 Å². The van der Waals surface area contributed by atoms with Crippen molar-refractivity contribution in [3.05, 3.63) is 48.6 Å². The number of ether oxygens (including phenoxy) is 2. The zero-order valence-corrected chi connectivity index (χ0v) is 32.7. The number of amides is 1. The van der Waals surface area contributed by atoms with Crippen LogP contribution in [0.2, 0.25) is 0 Å².